The summed E-state index contributed by atoms with van der Waals surface area (Å²) in [5.41, 5.74) is 6.49. The van der Waals surface area contributed by atoms with Crippen LogP contribution in [-0.2, 0) is 13.5 Å². The summed E-state index contributed by atoms with van der Waals surface area (Å²) >= 11 is 0. The Kier molecular flexibility index (Phi) is 3.34. The van der Waals surface area contributed by atoms with Crippen LogP contribution in [0.15, 0.2) is 48.5 Å². The predicted molar refractivity (Wildman–Crippen MR) is 83.9 cm³/mol. The first-order chi connectivity index (χ1) is 9.81. The van der Waals surface area contributed by atoms with Crippen LogP contribution in [0.25, 0.3) is 32.8 Å². The topological polar surface area (TPSA) is 19.7 Å². The van der Waals surface area contributed by atoms with E-state index in [1.807, 2.05) is 0 Å². The smallest absolute Gasteiger partial charge is 0.238 e. The molecule has 0 saturated heterocycles. The number of hydrogen-bond acceptors (Lipinski definition) is 0. The molecule has 1 N–H and O–H groups in total. The fraction of sp³-hybridized carbons (Fsp3) is 0.167. The van der Waals surface area contributed by atoms with Gasteiger partial charge in [-0.25, -0.2) is 0 Å². The van der Waals surface area contributed by atoms with E-state index in [1.54, 1.807) is 0 Å². The molecule has 0 atom stereocenters. The fourth-order valence-corrected chi connectivity index (χ4v) is 3.34. The lowest BCUT2D eigenvalue weighted by Crippen LogP contribution is -3.00. The maximum Gasteiger partial charge on any atom is 0.238 e. The molecule has 4 rings (SSSR count). The lowest BCUT2D eigenvalue weighted by Gasteiger charge is -2.05. The van der Waals surface area contributed by atoms with E-state index < -0.39 is 0 Å². The zero-order valence-corrected chi connectivity index (χ0v) is 12.9. The van der Waals surface area contributed by atoms with E-state index in [0.717, 1.165) is 6.42 Å². The van der Waals surface area contributed by atoms with Crippen molar-refractivity contribution in [2.24, 2.45) is 7.05 Å². The zero-order chi connectivity index (χ0) is 13.7. The van der Waals surface area contributed by atoms with E-state index in [4.69, 9.17) is 0 Å². The first-order valence-corrected chi connectivity index (χ1v) is 7.11. The molecule has 0 fully saturated rings. The molecule has 2 heterocycles. The number of benzene rings is 2. The van der Waals surface area contributed by atoms with Crippen molar-refractivity contribution in [1.82, 2.24) is 4.98 Å². The van der Waals surface area contributed by atoms with E-state index in [-0.39, 0.29) is 12.4 Å². The van der Waals surface area contributed by atoms with Gasteiger partial charge in [-0.3, -0.25) is 0 Å². The monoisotopic (exact) mass is 296 g/mol. The van der Waals surface area contributed by atoms with Gasteiger partial charge in [0.25, 0.3) is 0 Å². The van der Waals surface area contributed by atoms with Crippen molar-refractivity contribution >= 4 is 32.8 Å². The number of para-hydroxylation sites is 2. The number of nitrogens with zero attached hydrogens (tertiary/aromatic N) is 1. The number of aryl methyl sites for hydroxylation is 2. The second-order valence-corrected chi connectivity index (χ2v) is 5.30. The Labute approximate surface area is 129 Å². The second kappa shape index (κ2) is 5.05. The normalized spacial score (nSPS) is 11.1. The maximum absolute atomic E-state index is 3.61. The number of hydrogen-bond donors (Lipinski definition) is 1. The number of nitrogens with one attached hydrogen (secondary N) is 1. The molecule has 0 unspecified atom stereocenters. The minimum Gasteiger partial charge on any atom is -1.00 e. The second-order valence-electron chi connectivity index (χ2n) is 5.30. The largest absolute Gasteiger partial charge is 1.00 e. The van der Waals surface area contributed by atoms with E-state index >= 15 is 0 Å². The van der Waals surface area contributed by atoms with Gasteiger partial charge in [0, 0.05) is 6.07 Å². The molecule has 0 amide bonds. The number of aromatic nitrogens is 2. The van der Waals surface area contributed by atoms with Gasteiger partial charge in [-0.15, -0.1) is 0 Å². The molecular formula is C18H17ClN2. The highest BCUT2D eigenvalue weighted by Gasteiger charge is 2.20. The molecular weight excluding hydrogens is 280 g/mol. The predicted octanol–water partition coefficient (Wildman–Crippen LogP) is 0.865. The average Bonchev–Trinajstić information content (AvgIpc) is 2.87. The van der Waals surface area contributed by atoms with Crippen LogP contribution in [0, 0.1) is 0 Å². The van der Waals surface area contributed by atoms with Crippen LogP contribution < -0.4 is 17.0 Å². The van der Waals surface area contributed by atoms with Gasteiger partial charge in [0.2, 0.25) is 11.0 Å². The highest BCUT2D eigenvalue weighted by atomic mass is 35.5. The number of fused-ring (bicyclic) bond motifs is 4. The van der Waals surface area contributed by atoms with E-state index in [9.17, 15) is 0 Å². The van der Waals surface area contributed by atoms with Crippen LogP contribution in [0.2, 0.25) is 0 Å². The van der Waals surface area contributed by atoms with Gasteiger partial charge in [-0.05, 0) is 30.2 Å². The molecule has 0 saturated carbocycles. The van der Waals surface area contributed by atoms with Gasteiger partial charge >= 0.3 is 0 Å². The Morgan fingerprint density at radius 2 is 1.62 bits per heavy atom. The Morgan fingerprint density at radius 1 is 0.952 bits per heavy atom. The van der Waals surface area contributed by atoms with Crippen LogP contribution in [0.3, 0.4) is 0 Å². The highest BCUT2D eigenvalue weighted by molar-refractivity contribution is 6.07. The third-order valence-corrected chi connectivity index (χ3v) is 4.26. The molecule has 2 nitrogen and oxygen atoms in total. The molecule has 0 spiro atoms. The Bertz CT molecular complexity index is 954. The molecule has 4 aromatic rings. The zero-order valence-electron chi connectivity index (χ0n) is 12.2. The van der Waals surface area contributed by atoms with E-state index in [1.165, 1.54) is 38.4 Å². The summed E-state index contributed by atoms with van der Waals surface area (Å²) in [6, 6.07) is 17.2. The molecule has 106 valence electrons. The van der Waals surface area contributed by atoms with Crippen molar-refractivity contribution in [3.8, 4) is 0 Å². The summed E-state index contributed by atoms with van der Waals surface area (Å²) in [4.78, 5) is 3.61. The van der Waals surface area contributed by atoms with Gasteiger partial charge in [-0.1, -0.05) is 31.2 Å². The maximum atomic E-state index is 3.61. The number of halogens is 1. The third kappa shape index (κ3) is 1.83. The van der Waals surface area contributed by atoms with Crippen molar-refractivity contribution in [3.05, 3.63) is 54.1 Å². The minimum absolute atomic E-state index is 0. The SMILES string of the molecule is CCc1c2ccccc2[n+](C)c2c1[nH]c1ccccc12.[Cl-]. The summed E-state index contributed by atoms with van der Waals surface area (Å²) in [5.74, 6) is 0. The quantitative estimate of drug-likeness (QED) is 0.503. The van der Waals surface area contributed by atoms with E-state index in [2.05, 4.69) is 72.1 Å². The molecule has 0 aliphatic heterocycles. The molecule has 0 radical (unpaired) electrons. The van der Waals surface area contributed by atoms with Gasteiger partial charge in [-0.2, -0.15) is 4.57 Å². The summed E-state index contributed by atoms with van der Waals surface area (Å²) in [5, 5.41) is 2.64. The molecule has 2 aromatic carbocycles. The van der Waals surface area contributed by atoms with E-state index in [0.29, 0.717) is 0 Å². The number of pyridine rings is 1. The number of H-pyrrole nitrogens is 1. The first kappa shape index (κ1) is 13.9. The Morgan fingerprint density at radius 3 is 2.38 bits per heavy atom. The average molecular weight is 297 g/mol. The molecule has 0 bridgehead atoms. The van der Waals surface area contributed by atoms with Crippen molar-refractivity contribution in [1.29, 1.82) is 0 Å². The number of aromatic amines is 1. The van der Waals surface area contributed by atoms with Gasteiger partial charge in [0.05, 0.1) is 16.3 Å². The fourth-order valence-electron chi connectivity index (χ4n) is 3.34. The summed E-state index contributed by atoms with van der Waals surface area (Å²) in [6.45, 7) is 2.23. The van der Waals surface area contributed by atoms with Crippen LogP contribution in [0.5, 0.6) is 0 Å². The van der Waals surface area contributed by atoms with Crippen molar-refractivity contribution in [2.45, 2.75) is 13.3 Å². The van der Waals surface area contributed by atoms with Crippen LogP contribution in [-0.4, -0.2) is 4.98 Å². The minimum atomic E-state index is 0. The summed E-state index contributed by atoms with van der Waals surface area (Å²) in [7, 11) is 2.16. The van der Waals surface area contributed by atoms with Crippen molar-refractivity contribution in [3.63, 3.8) is 0 Å². The molecule has 2 aromatic heterocycles. The summed E-state index contributed by atoms with van der Waals surface area (Å²) < 4.78 is 2.31. The Hall–Kier alpha value is -2.06. The van der Waals surface area contributed by atoms with Crippen molar-refractivity contribution < 1.29 is 17.0 Å². The highest BCUT2D eigenvalue weighted by Crippen LogP contribution is 2.29. The lowest BCUT2D eigenvalue weighted by molar-refractivity contribution is -0.616. The Balaban J connectivity index is 0.00000132. The van der Waals surface area contributed by atoms with Crippen LogP contribution in [0.1, 0.15) is 12.5 Å². The lowest BCUT2D eigenvalue weighted by atomic mass is 10.0. The third-order valence-electron chi connectivity index (χ3n) is 4.26. The molecule has 0 aliphatic carbocycles. The summed E-state index contributed by atoms with van der Waals surface area (Å²) in [6.07, 6.45) is 1.03. The van der Waals surface area contributed by atoms with Crippen LogP contribution >= 0.6 is 0 Å². The van der Waals surface area contributed by atoms with Crippen molar-refractivity contribution in [2.75, 3.05) is 0 Å². The standard InChI is InChI=1S/C18H16N2.ClH/c1-3-12-13-8-5-7-11-16(13)20(2)18-14-9-4-6-10-15(14)19-17(12)18;/h4-11H,3H2,1-2H3;1H. The molecule has 21 heavy (non-hydrogen) atoms. The number of rotatable bonds is 1. The van der Waals surface area contributed by atoms with Gasteiger partial charge in [0.1, 0.15) is 12.6 Å². The first-order valence-electron chi connectivity index (χ1n) is 7.11. The molecule has 0 aliphatic rings. The molecule has 3 heteroatoms. The van der Waals surface area contributed by atoms with Crippen LogP contribution in [0.4, 0.5) is 0 Å². The van der Waals surface area contributed by atoms with Gasteiger partial charge < -0.3 is 17.4 Å². The van der Waals surface area contributed by atoms with Gasteiger partial charge in [0.15, 0.2) is 0 Å².